The Morgan fingerprint density at radius 1 is 0.870 bits per heavy atom. The van der Waals surface area contributed by atoms with E-state index in [1.807, 2.05) is 48.5 Å². The maximum absolute atomic E-state index is 13.5. The van der Waals surface area contributed by atoms with E-state index in [0.717, 1.165) is 0 Å². The summed E-state index contributed by atoms with van der Waals surface area (Å²) in [5.41, 5.74) is 1.45. The monoisotopic (exact) mass is 644 g/mol. The number of carbonyl (C=O) groups is 1. The summed E-state index contributed by atoms with van der Waals surface area (Å²) in [6.07, 6.45) is -1.03. The standard InChI is InChI=1S/C37H56O9/c1-14-27(38)18(5)32-20(7)31(41)21(8)33(45-32)23(10)34-24(11)36(44-29(39)16-17(3)4)26(13)37(42,46-34)25(12)35-22(9)30(40)19(6)28(15-2)43-35/h17-18,23-27,34,36,38,42H,14-16H2,1-13H3/t18-,23-,24+,25-,26-,27+,34-,36-,37+/m0/s1. The lowest BCUT2D eigenvalue weighted by atomic mass is 9.72. The molecule has 2 aromatic rings. The number of esters is 1. The number of ether oxygens (including phenoxy) is 2. The zero-order chi connectivity index (χ0) is 35.0. The van der Waals surface area contributed by atoms with Gasteiger partial charge in [0.15, 0.2) is 16.6 Å². The average Bonchev–Trinajstić information content (AvgIpc) is 3.01. The van der Waals surface area contributed by atoms with Gasteiger partial charge in [-0.2, -0.15) is 0 Å². The number of aryl methyl sites for hydroxylation is 1. The van der Waals surface area contributed by atoms with Crippen molar-refractivity contribution >= 4 is 5.97 Å². The summed E-state index contributed by atoms with van der Waals surface area (Å²) in [5.74, 6) is -3.52. The lowest BCUT2D eigenvalue weighted by Gasteiger charge is -2.52. The van der Waals surface area contributed by atoms with Crippen LogP contribution in [0.4, 0.5) is 0 Å². The molecule has 2 aromatic heterocycles. The highest BCUT2D eigenvalue weighted by Gasteiger charge is 2.57. The molecule has 0 radical (unpaired) electrons. The summed E-state index contributed by atoms with van der Waals surface area (Å²) in [5, 5.41) is 23.2. The van der Waals surface area contributed by atoms with Crippen LogP contribution in [0.5, 0.6) is 0 Å². The fourth-order valence-corrected chi connectivity index (χ4v) is 7.17. The Kier molecular flexibility index (Phi) is 11.9. The molecule has 0 unspecified atom stereocenters. The molecule has 1 saturated heterocycles. The van der Waals surface area contributed by atoms with Crippen LogP contribution in [0.1, 0.15) is 138 Å². The molecule has 0 saturated carbocycles. The van der Waals surface area contributed by atoms with E-state index >= 15 is 0 Å². The van der Waals surface area contributed by atoms with E-state index in [9.17, 15) is 24.6 Å². The fourth-order valence-electron chi connectivity index (χ4n) is 7.17. The quantitative estimate of drug-likeness (QED) is 0.263. The van der Waals surface area contributed by atoms with E-state index < -0.39 is 53.7 Å². The van der Waals surface area contributed by atoms with Crippen molar-refractivity contribution in [3.05, 3.63) is 65.7 Å². The molecule has 9 nitrogen and oxygen atoms in total. The summed E-state index contributed by atoms with van der Waals surface area (Å²) in [6, 6.07) is 0. The number of hydrogen-bond acceptors (Lipinski definition) is 9. The second-order valence-corrected chi connectivity index (χ2v) is 14.0. The Balaban J connectivity index is 2.22. The Hall–Kier alpha value is -2.75. The van der Waals surface area contributed by atoms with Gasteiger partial charge in [-0.3, -0.25) is 14.4 Å². The van der Waals surface area contributed by atoms with Crippen molar-refractivity contribution in [1.82, 2.24) is 0 Å². The van der Waals surface area contributed by atoms with Gasteiger partial charge in [0, 0.05) is 58.8 Å². The Morgan fingerprint density at radius 2 is 1.41 bits per heavy atom. The number of aliphatic hydroxyl groups is 2. The predicted molar refractivity (Wildman–Crippen MR) is 177 cm³/mol. The molecule has 2 N–H and O–H groups in total. The maximum Gasteiger partial charge on any atom is 0.306 e. The molecule has 1 aliphatic rings. The van der Waals surface area contributed by atoms with Gasteiger partial charge in [-0.05, 0) is 40.0 Å². The third kappa shape index (κ3) is 6.92. The third-order valence-corrected chi connectivity index (χ3v) is 10.3. The van der Waals surface area contributed by atoms with Crippen LogP contribution in [-0.2, 0) is 20.7 Å². The topological polar surface area (TPSA) is 136 Å². The molecule has 0 aliphatic carbocycles. The van der Waals surface area contributed by atoms with Crippen LogP contribution in [-0.4, -0.2) is 40.3 Å². The van der Waals surface area contributed by atoms with Crippen LogP contribution >= 0.6 is 0 Å². The van der Waals surface area contributed by atoms with E-state index in [4.69, 9.17) is 18.3 Å². The van der Waals surface area contributed by atoms with Crippen molar-refractivity contribution < 1.29 is 33.3 Å². The molecular formula is C37H56O9. The molecule has 1 fully saturated rings. The molecule has 0 spiro atoms. The minimum Gasteiger partial charge on any atom is -0.465 e. The largest absolute Gasteiger partial charge is 0.465 e. The van der Waals surface area contributed by atoms with Crippen LogP contribution in [0.15, 0.2) is 18.4 Å². The molecule has 9 heteroatoms. The molecule has 258 valence electrons. The first-order chi connectivity index (χ1) is 21.3. The van der Waals surface area contributed by atoms with E-state index in [1.165, 1.54) is 0 Å². The van der Waals surface area contributed by atoms with Gasteiger partial charge in [-0.25, -0.2) is 0 Å². The normalized spacial score (nSPS) is 26.1. The van der Waals surface area contributed by atoms with E-state index in [1.54, 1.807) is 41.5 Å². The number of rotatable bonds is 11. The summed E-state index contributed by atoms with van der Waals surface area (Å²) in [6.45, 7) is 23.6. The second-order valence-electron chi connectivity index (χ2n) is 14.0. The number of hydrogen-bond donors (Lipinski definition) is 2. The van der Waals surface area contributed by atoms with Crippen molar-refractivity contribution in [3.63, 3.8) is 0 Å². The van der Waals surface area contributed by atoms with Gasteiger partial charge in [-0.15, -0.1) is 0 Å². The maximum atomic E-state index is 13.5. The second kappa shape index (κ2) is 14.6. The molecule has 0 aromatic carbocycles. The molecule has 46 heavy (non-hydrogen) atoms. The van der Waals surface area contributed by atoms with Crippen molar-refractivity contribution in [2.45, 2.75) is 151 Å². The third-order valence-electron chi connectivity index (χ3n) is 10.3. The van der Waals surface area contributed by atoms with Gasteiger partial charge < -0.3 is 28.5 Å². The van der Waals surface area contributed by atoms with Crippen LogP contribution < -0.4 is 10.9 Å². The van der Waals surface area contributed by atoms with Crippen molar-refractivity contribution in [3.8, 4) is 0 Å². The number of carbonyl (C=O) groups excluding carboxylic acids is 1. The highest BCUT2D eigenvalue weighted by atomic mass is 16.6. The average molecular weight is 645 g/mol. The van der Waals surface area contributed by atoms with Gasteiger partial charge >= 0.3 is 5.97 Å². The van der Waals surface area contributed by atoms with Gasteiger partial charge in [0.2, 0.25) is 0 Å². The summed E-state index contributed by atoms with van der Waals surface area (Å²) in [4.78, 5) is 39.8. The lowest BCUT2D eigenvalue weighted by Crippen LogP contribution is -2.61. The lowest BCUT2D eigenvalue weighted by molar-refractivity contribution is -0.331. The van der Waals surface area contributed by atoms with Crippen LogP contribution in [0.3, 0.4) is 0 Å². The van der Waals surface area contributed by atoms with Crippen molar-refractivity contribution in [1.29, 1.82) is 0 Å². The fraction of sp³-hybridized carbons (Fsp3) is 0.703. The minimum absolute atomic E-state index is 0.0748. The molecule has 3 heterocycles. The summed E-state index contributed by atoms with van der Waals surface area (Å²) >= 11 is 0. The Labute approximate surface area is 273 Å². The van der Waals surface area contributed by atoms with Gasteiger partial charge in [-0.1, -0.05) is 62.3 Å². The highest BCUT2D eigenvalue weighted by molar-refractivity contribution is 5.69. The summed E-state index contributed by atoms with van der Waals surface area (Å²) < 4.78 is 25.6. The molecule has 9 atom stereocenters. The SMILES string of the molecule is CCc1oc([C@H](C)[C@@]2(O)O[C@@H]([C@@H](C)c3oc([C@@H](C)[C@H](O)CC)c(C)c(=O)c3C)[C@@H](C)[C@H](OC(=O)CC(C)C)[C@@H]2C)c(C)c(=O)c1C. The Morgan fingerprint density at radius 3 is 1.96 bits per heavy atom. The first-order valence-electron chi connectivity index (χ1n) is 16.9. The van der Waals surface area contributed by atoms with Crippen molar-refractivity contribution in [2.75, 3.05) is 0 Å². The summed E-state index contributed by atoms with van der Waals surface area (Å²) in [7, 11) is 0. The van der Waals surface area contributed by atoms with Crippen molar-refractivity contribution in [2.24, 2.45) is 17.8 Å². The van der Waals surface area contributed by atoms with E-state index in [2.05, 4.69) is 0 Å². The minimum atomic E-state index is -1.93. The van der Waals surface area contributed by atoms with Gasteiger partial charge in [0.25, 0.3) is 0 Å². The Bertz CT molecular complexity index is 1520. The zero-order valence-corrected chi connectivity index (χ0v) is 30.1. The van der Waals surface area contributed by atoms with Gasteiger partial charge in [0.05, 0.1) is 18.1 Å². The molecule has 3 rings (SSSR count). The van der Waals surface area contributed by atoms with Crippen LogP contribution in [0.25, 0.3) is 0 Å². The molecular weight excluding hydrogens is 588 g/mol. The first-order valence-corrected chi connectivity index (χ1v) is 16.9. The van der Waals surface area contributed by atoms with Crippen LogP contribution in [0.2, 0.25) is 0 Å². The molecule has 0 bridgehead atoms. The van der Waals surface area contributed by atoms with Crippen LogP contribution in [0, 0.1) is 45.4 Å². The smallest absolute Gasteiger partial charge is 0.306 e. The van der Waals surface area contributed by atoms with E-state index in [-0.39, 0.29) is 29.2 Å². The predicted octanol–water partition coefficient (Wildman–Crippen LogP) is 6.49. The number of aliphatic hydroxyl groups excluding tert-OH is 1. The van der Waals surface area contributed by atoms with E-state index in [0.29, 0.717) is 58.1 Å². The van der Waals surface area contributed by atoms with Gasteiger partial charge in [0.1, 0.15) is 29.1 Å². The first kappa shape index (κ1) is 37.7. The molecule has 0 amide bonds. The molecule has 1 aliphatic heterocycles. The highest BCUT2D eigenvalue weighted by Crippen LogP contribution is 2.49. The zero-order valence-electron chi connectivity index (χ0n) is 30.1.